The molecular weight excluding hydrogens is 327 g/mol. The molecule has 2 saturated heterocycles. The zero-order valence-corrected chi connectivity index (χ0v) is 12.7. The van der Waals surface area contributed by atoms with Crippen LogP contribution < -0.4 is 0 Å². The van der Waals surface area contributed by atoms with E-state index in [4.69, 9.17) is 23.2 Å². The smallest absolute Gasteiger partial charge is 0.168 e. The van der Waals surface area contributed by atoms with Crippen LogP contribution in [0.15, 0.2) is 0 Å². The zero-order valence-electron chi connectivity index (χ0n) is 8.75. The summed E-state index contributed by atoms with van der Waals surface area (Å²) in [5.41, 5.74) is 0. The number of thioether (sulfide) groups is 1. The summed E-state index contributed by atoms with van der Waals surface area (Å²) in [6.07, 6.45) is 0.474. The zero-order chi connectivity index (χ0) is 12.8. The van der Waals surface area contributed by atoms with Gasteiger partial charge in [0.2, 0.25) is 0 Å². The summed E-state index contributed by atoms with van der Waals surface area (Å²) in [4.78, 5) is 0. The van der Waals surface area contributed by atoms with Gasteiger partial charge < -0.3 is 0 Å². The van der Waals surface area contributed by atoms with Crippen molar-refractivity contribution in [3.8, 4) is 0 Å². The highest BCUT2D eigenvalue weighted by Gasteiger charge is 2.44. The second-order valence-electron chi connectivity index (χ2n) is 4.31. The highest BCUT2D eigenvalue weighted by molar-refractivity contribution is 8.04. The van der Waals surface area contributed by atoms with E-state index in [1.807, 2.05) is 0 Å². The minimum Gasteiger partial charge on any atom is -0.229 e. The van der Waals surface area contributed by atoms with Gasteiger partial charge in [-0.25, -0.2) is 16.8 Å². The van der Waals surface area contributed by atoms with E-state index in [1.54, 1.807) is 0 Å². The van der Waals surface area contributed by atoms with Gasteiger partial charge in [0, 0.05) is 10.5 Å². The molecule has 2 aliphatic heterocycles. The number of halogens is 2. The molecule has 17 heavy (non-hydrogen) atoms. The van der Waals surface area contributed by atoms with Gasteiger partial charge in [0.1, 0.15) is 4.71 Å². The standard InChI is InChI=1S/C8H12Cl2O4S3/c9-5-3-16(11,12)4-7(5)15-6-1-2-17(13,14)8(6)10/h5-8H,1-4H2/t5-,6+,7+,8-/m0/s1. The lowest BCUT2D eigenvalue weighted by Gasteiger charge is -2.18. The third-order valence-corrected chi connectivity index (χ3v) is 10.6. The Hall–Kier alpha value is 0.830. The van der Waals surface area contributed by atoms with Crippen LogP contribution in [0.5, 0.6) is 0 Å². The number of hydrogen-bond donors (Lipinski definition) is 0. The Morgan fingerprint density at radius 3 is 2.06 bits per heavy atom. The van der Waals surface area contributed by atoms with Crippen molar-refractivity contribution >= 4 is 54.6 Å². The third kappa shape index (κ3) is 3.05. The molecule has 4 nitrogen and oxygen atoms in total. The number of hydrogen-bond acceptors (Lipinski definition) is 5. The summed E-state index contributed by atoms with van der Waals surface area (Å²) in [7, 11) is -6.29. The molecule has 0 bridgehead atoms. The van der Waals surface area contributed by atoms with Crippen molar-refractivity contribution in [2.75, 3.05) is 17.3 Å². The van der Waals surface area contributed by atoms with Crippen molar-refractivity contribution in [3.63, 3.8) is 0 Å². The molecule has 2 heterocycles. The number of alkyl halides is 2. The van der Waals surface area contributed by atoms with Crippen LogP contribution in [0.25, 0.3) is 0 Å². The maximum absolute atomic E-state index is 11.5. The molecule has 0 aromatic rings. The fraction of sp³-hybridized carbons (Fsp3) is 1.00. The first-order valence-electron chi connectivity index (χ1n) is 5.07. The van der Waals surface area contributed by atoms with Crippen LogP contribution in [0.3, 0.4) is 0 Å². The molecule has 0 radical (unpaired) electrons. The lowest BCUT2D eigenvalue weighted by Crippen LogP contribution is -2.24. The van der Waals surface area contributed by atoms with Crippen LogP contribution in [0.2, 0.25) is 0 Å². The predicted molar refractivity (Wildman–Crippen MR) is 71.5 cm³/mol. The van der Waals surface area contributed by atoms with E-state index in [-0.39, 0.29) is 27.8 Å². The second-order valence-corrected chi connectivity index (χ2v) is 11.5. The summed E-state index contributed by atoms with van der Waals surface area (Å²) < 4.78 is 44.8. The molecule has 0 aromatic heterocycles. The first-order chi connectivity index (χ1) is 7.71. The Balaban J connectivity index is 2.04. The molecule has 9 heteroatoms. The molecule has 2 rings (SSSR count). The Morgan fingerprint density at radius 2 is 1.65 bits per heavy atom. The maximum Gasteiger partial charge on any atom is 0.168 e. The van der Waals surface area contributed by atoms with Gasteiger partial charge in [0.25, 0.3) is 0 Å². The van der Waals surface area contributed by atoms with Crippen molar-refractivity contribution in [1.29, 1.82) is 0 Å². The van der Waals surface area contributed by atoms with Crippen LogP contribution in [0.4, 0.5) is 0 Å². The lowest BCUT2D eigenvalue weighted by atomic mass is 10.3. The molecule has 0 N–H and O–H groups in total. The molecular formula is C8H12Cl2O4S3. The monoisotopic (exact) mass is 338 g/mol. The topological polar surface area (TPSA) is 68.3 Å². The first-order valence-corrected chi connectivity index (χ1v) is 10.4. The van der Waals surface area contributed by atoms with E-state index < -0.39 is 29.8 Å². The van der Waals surface area contributed by atoms with Crippen LogP contribution in [0.1, 0.15) is 6.42 Å². The highest BCUT2D eigenvalue weighted by Crippen LogP contribution is 2.39. The Morgan fingerprint density at radius 1 is 1.00 bits per heavy atom. The summed E-state index contributed by atoms with van der Waals surface area (Å²) in [6.45, 7) is 0. The maximum atomic E-state index is 11.5. The average Bonchev–Trinajstić information content (AvgIpc) is 2.57. The van der Waals surface area contributed by atoms with E-state index in [0.717, 1.165) is 0 Å². The fourth-order valence-corrected chi connectivity index (χ4v) is 9.52. The Bertz CT molecular complexity index is 501. The normalized spacial score (nSPS) is 43.9. The molecule has 4 atom stereocenters. The van der Waals surface area contributed by atoms with E-state index in [0.29, 0.717) is 6.42 Å². The van der Waals surface area contributed by atoms with Gasteiger partial charge in [-0.1, -0.05) is 0 Å². The molecule has 0 aliphatic carbocycles. The van der Waals surface area contributed by atoms with Crippen LogP contribution >= 0.6 is 35.0 Å². The fourth-order valence-electron chi connectivity index (χ4n) is 2.01. The molecule has 0 unspecified atom stereocenters. The summed E-state index contributed by atoms with van der Waals surface area (Å²) >= 11 is 13.1. The third-order valence-electron chi connectivity index (χ3n) is 2.91. The minimum absolute atomic E-state index is 0.0198. The molecule has 0 aromatic carbocycles. The Kier molecular flexibility index (Phi) is 3.97. The van der Waals surface area contributed by atoms with Crippen molar-refractivity contribution in [3.05, 3.63) is 0 Å². The molecule has 100 valence electrons. The Labute approximate surface area is 115 Å². The van der Waals surface area contributed by atoms with Crippen molar-refractivity contribution in [2.24, 2.45) is 0 Å². The van der Waals surface area contributed by atoms with E-state index in [1.165, 1.54) is 11.8 Å². The van der Waals surface area contributed by atoms with Gasteiger partial charge in [-0.15, -0.1) is 35.0 Å². The van der Waals surface area contributed by atoms with E-state index in [9.17, 15) is 16.8 Å². The lowest BCUT2D eigenvalue weighted by molar-refractivity contribution is 0.599. The number of sulfone groups is 2. The minimum atomic E-state index is -3.21. The largest absolute Gasteiger partial charge is 0.229 e. The summed E-state index contributed by atoms with van der Waals surface area (Å²) in [5.74, 6) is 0.0654. The van der Waals surface area contributed by atoms with Gasteiger partial charge in [-0.3, -0.25) is 0 Å². The highest BCUT2D eigenvalue weighted by atomic mass is 35.5. The van der Waals surface area contributed by atoms with Gasteiger partial charge in [0.05, 0.1) is 22.6 Å². The van der Waals surface area contributed by atoms with Crippen molar-refractivity contribution < 1.29 is 16.8 Å². The number of rotatable bonds is 2. The molecule has 0 saturated carbocycles. The van der Waals surface area contributed by atoms with E-state index >= 15 is 0 Å². The van der Waals surface area contributed by atoms with Gasteiger partial charge in [-0.2, -0.15) is 0 Å². The van der Waals surface area contributed by atoms with Crippen LogP contribution in [0, 0.1) is 0 Å². The summed E-state index contributed by atoms with van der Waals surface area (Å²) in [6, 6.07) is 0. The SMILES string of the molecule is O=S1(=O)C[C@H](Cl)[C@H](S[C@@H]2CCS(=O)(=O)[C@@H]2Cl)C1. The average molecular weight is 339 g/mol. The van der Waals surface area contributed by atoms with Crippen LogP contribution in [-0.4, -0.2) is 54.7 Å². The van der Waals surface area contributed by atoms with Crippen molar-refractivity contribution in [2.45, 2.75) is 27.0 Å². The molecule has 0 amide bonds. The quantitative estimate of drug-likeness (QED) is 0.699. The van der Waals surface area contributed by atoms with Crippen LogP contribution in [-0.2, 0) is 19.7 Å². The molecule has 2 aliphatic rings. The predicted octanol–water partition coefficient (Wildman–Crippen LogP) is 0.876. The summed E-state index contributed by atoms with van der Waals surface area (Å²) in [5, 5.41) is -0.945. The van der Waals surface area contributed by atoms with Gasteiger partial charge >= 0.3 is 0 Å². The second kappa shape index (κ2) is 4.74. The molecule has 0 spiro atoms. The first kappa shape index (κ1) is 14.2. The molecule has 2 fully saturated rings. The van der Waals surface area contributed by atoms with Gasteiger partial charge in [0.15, 0.2) is 19.7 Å². The van der Waals surface area contributed by atoms with E-state index in [2.05, 4.69) is 0 Å². The van der Waals surface area contributed by atoms with Gasteiger partial charge in [-0.05, 0) is 6.42 Å². The van der Waals surface area contributed by atoms with Crippen molar-refractivity contribution in [1.82, 2.24) is 0 Å².